The second kappa shape index (κ2) is 9.90. The summed E-state index contributed by atoms with van der Waals surface area (Å²) in [4.78, 5) is 20.7. The average molecular weight is 295 g/mol. The Hall–Kier alpha value is -1.92. The number of carboxylic acid groups (broad SMARTS) is 1. The van der Waals surface area contributed by atoms with Crippen molar-refractivity contribution >= 4 is 11.9 Å². The van der Waals surface area contributed by atoms with Crippen LogP contribution in [0, 0.1) is 5.92 Å². The van der Waals surface area contributed by atoms with Crippen molar-refractivity contribution in [3.05, 3.63) is 35.9 Å². The van der Waals surface area contributed by atoms with Crippen LogP contribution in [0.25, 0.3) is 0 Å². The minimum absolute atomic E-state index is 0.385. The van der Waals surface area contributed by atoms with E-state index in [4.69, 9.17) is 22.3 Å². The van der Waals surface area contributed by atoms with Crippen molar-refractivity contribution in [3.63, 3.8) is 0 Å². The van der Waals surface area contributed by atoms with Gasteiger partial charge >= 0.3 is 5.97 Å². The van der Waals surface area contributed by atoms with Gasteiger partial charge in [-0.15, -0.1) is 0 Å². The number of benzene rings is 1. The maximum absolute atomic E-state index is 10.4. The van der Waals surface area contributed by atoms with E-state index >= 15 is 0 Å². The predicted octanol–water partition coefficient (Wildman–Crippen LogP) is 0.486. The number of amides is 1. The smallest absolute Gasteiger partial charge is 0.320 e. The lowest BCUT2D eigenvalue weighted by Gasteiger charge is -2.08. The van der Waals surface area contributed by atoms with Crippen molar-refractivity contribution in [2.24, 2.45) is 23.1 Å². The first-order valence-corrected chi connectivity index (χ1v) is 6.81. The van der Waals surface area contributed by atoms with E-state index in [1.165, 1.54) is 0 Å². The van der Waals surface area contributed by atoms with Gasteiger partial charge in [0.1, 0.15) is 6.04 Å². The van der Waals surface area contributed by atoms with Crippen LogP contribution >= 0.6 is 0 Å². The molecule has 21 heavy (non-hydrogen) atoms. The highest BCUT2D eigenvalue weighted by atomic mass is 16.4. The summed E-state index contributed by atoms with van der Waals surface area (Å²) in [5, 5.41) is 8.52. The summed E-state index contributed by atoms with van der Waals surface area (Å²) in [6, 6.07) is 8.08. The van der Waals surface area contributed by atoms with Gasteiger partial charge in [0.25, 0.3) is 0 Å². The minimum atomic E-state index is -0.959. The molecular formula is C15H25N3O3. The molecule has 0 saturated carbocycles. The van der Waals surface area contributed by atoms with Crippen molar-refractivity contribution in [1.82, 2.24) is 0 Å². The molecule has 0 aliphatic carbocycles. The lowest BCUT2D eigenvalue weighted by molar-refractivity contribution is -0.138. The molecule has 1 aromatic rings. The Balaban J connectivity index is 0.000000400. The van der Waals surface area contributed by atoms with Gasteiger partial charge in [0.15, 0.2) is 0 Å². The second-order valence-electron chi connectivity index (χ2n) is 5.27. The van der Waals surface area contributed by atoms with Crippen LogP contribution in [0.3, 0.4) is 0 Å². The van der Waals surface area contributed by atoms with Gasteiger partial charge in [-0.25, -0.2) is 0 Å². The van der Waals surface area contributed by atoms with Crippen LogP contribution in [0.1, 0.15) is 25.8 Å². The molecule has 0 aliphatic heterocycles. The molecule has 0 spiro atoms. The van der Waals surface area contributed by atoms with E-state index in [-0.39, 0.29) is 0 Å². The average Bonchev–Trinajstić information content (AvgIpc) is 2.39. The molecule has 0 radical (unpaired) electrons. The number of carbonyl (C=O) groups excluding carboxylic acids is 1. The van der Waals surface area contributed by atoms with Crippen LogP contribution in [0.5, 0.6) is 0 Å². The van der Waals surface area contributed by atoms with E-state index in [1.807, 2.05) is 44.2 Å². The molecule has 7 N–H and O–H groups in total. The quantitative estimate of drug-likeness (QED) is 0.606. The van der Waals surface area contributed by atoms with Gasteiger partial charge in [-0.1, -0.05) is 44.2 Å². The number of aliphatic carboxylic acids is 1. The fourth-order valence-electron chi connectivity index (χ4n) is 1.58. The molecule has 6 nitrogen and oxygen atoms in total. The van der Waals surface area contributed by atoms with Crippen molar-refractivity contribution < 1.29 is 14.7 Å². The fraction of sp³-hybridized carbons (Fsp3) is 0.467. The van der Waals surface area contributed by atoms with Crippen LogP contribution in [0.4, 0.5) is 0 Å². The fourth-order valence-corrected chi connectivity index (χ4v) is 1.58. The van der Waals surface area contributed by atoms with E-state index < -0.39 is 24.0 Å². The highest BCUT2D eigenvalue weighted by Crippen LogP contribution is 2.01. The third-order valence-electron chi connectivity index (χ3n) is 2.71. The number of carbonyl (C=O) groups is 2. The van der Waals surface area contributed by atoms with Crippen LogP contribution < -0.4 is 17.2 Å². The topological polar surface area (TPSA) is 132 Å². The van der Waals surface area contributed by atoms with Gasteiger partial charge in [0, 0.05) is 0 Å². The summed E-state index contributed by atoms with van der Waals surface area (Å²) >= 11 is 0. The van der Waals surface area contributed by atoms with E-state index in [0.29, 0.717) is 18.8 Å². The molecule has 6 heteroatoms. The summed E-state index contributed by atoms with van der Waals surface area (Å²) in [5.74, 6) is -0.935. The number of rotatable bonds is 6. The molecular weight excluding hydrogens is 270 g/mol. The zero-order chi connectivity index (χ0) is 16.4. The van der Waals surface area contributed by atoms with Crippen LogP contribution in [0.15, 0.2) is 30.3 Å². The summed E-state index contributed by atoms with van der Waals surface area (Å²) in [6.07, 6.45) is 1.06. The molecule has 2 atom stereocenters. The summed E-state index contributed by atoms with van der Waals surface area (Å²) in [7, 11) is 0. The van der Waals surface area contributed by atoms with Gasteiger partial charge < -0.3 is 22.3 Å². The van der Waals surface area contributed by atoms with Gasteiger partial charge in [-0.2, -0.15) is 0 Å². The molecule has 0 fully saturated rings. The van der Waals surface area contributed by atoms with E-state index in [0.717, 1.165) is 5.56 Å². The number of primary amides is 1. The maximum Gasteiger partial charge on any atom is 0.320 e. The van der Waals surface area contributed by atoms with E-state index in [2.05, 4.69) is 0 Å². The molecule has 0 heterocycles. The van der Waals surface area contributed by atoms with Crippen molar-refractivity contribution in [1.29, 1.82) is 0 Å². The van der Waals surface area contributed by atoms with Crippen LogP contribution in [0.2, 0.25) is 0 Å². The Kier molecular flexibility index (Phi) is 9.00. The van der Waals surface area contributed by atoms with Crippen LogP contribution in [-0.2, 0) is 16.0 Å². The monoisotopic (exact) mass is 295 g/mol. The third kappa shape index (κ3) is 9.59. The molecule has 2 unspecified atom stereocenters. The van der Waals surface area contributed by atoms with Gasteiger partial charge in [0.05, 0.1) is 6.04 Å². The lowest BCUT2D eigenvalue weighted by Crippen LogP contribution is -2.37. The Labute approximate surface area is 125 Å². The molecule has 0 saturated heterocycles. The molecule has 1 aromatic carbocycles. The van der Waals surface area contributed by atoms with Gasteiger partial charge in [-0.3, -0.25) is 9.59 Å². The van der Waals surface area contributed by atoms with Crippen molar-refractivity contribution in [3.8, 4) is 0 Å². The minimum Gasteiger partial charge on any atom is -0.480 e. The zero-order valence-electron chi connectivity index (χ0n) is 12.5. The number of hydrogen-bond donors (Lipinski definition) is 4. The molecule has 1 rings (SSSR count). The Bertz CT molecular complexity index is 435. The summed E-state index contributed by atoms with van der Waals surface area (Å²) in [6.45, 7) is 4.01. The molecule has 0 aromatic heterocycles. The first-order chi connectivity index (χ1) is 9.73. The van der Waals surface area contributed by atoms with E-state index in [1.54, 1.807) is 0 Å². The standard InChI is InChI=1S/C9H11NO2.C6H14N2O/c10-8(9(11)12)6-7-4-2-1-3-5-7;1-4(2)3-5(7)6(8)9/h1-5,8H,6,10H2,(H,11,12);4-5H,3,7H2,1-2H3,(H2,8,9). The highest BCUT2D eigenvalue weighted by molar-refractivity contribution is 5.79. The van der Waals surface area contributed by atoms with Gasteiger partial charge in [-0.05, 0) is 24.3 Å². The highest BCUT2D eigenvalue weighted by Gasteiger charge is 2.11. The summed E-state index contributed by atoms with van der Waals surface area (Å²) in [5.41, 5.74) is 16.6. The Morgan fingerprint density at radius 3 is 1.95 bits per heavy atom. The third-order valence-corrected chi connectivity index (χ3v) is 2.71. The Morgan fingerprint density at radius 2 is 1.62 bits per heavy atom. The van der Waals surface area contributed by atoms with Crippen molar-refractivity contribution in [2.45, 2.75) is 38.8 Å². The molecule has 1 amide bonds. The summed E-state index contributed by atoms with van der Waals surface area (Å²) < 4.78 is 0. The first kappa shape index (κ1) is 19.1. The molecule has 0 bridgehead atoms. The molecule has 0 aliphatic rings. The lowest BCUT2D eigenvalue weighted by atomic mass is 10.0. The predicted molar refractivity (Wildman–Crippen MR) is 82.4 cm³/mol. The van der Waals surface area contributed by atoms with Crippen molar-refractivity contribution in [2.75, 3.05) is 0 Å². The maximum atomic E-state index is 10.4. The molecule has 118 valence electrons. The Morgan fingerprint density at radius 1 is 1.10 bits per heavy atom. The second-order valence-corrected chi connectivity index (χ2v) is 5.27. The van der Waals surface area contributed by atoms with E-state index in [9.17, 15) is 9.59 Å². The largest absolute Gasteiger partial charge is 0.480 e. The number of carboxylic acids is 1. The van der Waals surface area contributed by atoms with Crippen LogP contribution in [-0.4, -0.2) is 29.1 Å². The zero-order valence-corrected chi connectivity index (χ0v) is 12.5. The van der Waals surface area contributed by atoms with Gasteiger partial charge in [0.2, 0.25) is 5.91 Å². The number of hydrogen-bond acceptors (Lipinski definition) is 4. The first-order valence-electron chi connectivity index (χ1n) is 6.81. The SMILES string of the molecule is CC(C)CC(N)C(N)=O.NC(Cc1ccccc1)C(=O)O. The normalized spacial score (nSPS) is 13.0. The number of nitrogens with two attached hydrogens (primary N) is 3.